The Balaban J connectivity index is 2.04. The highest BCUT2D eigenvalue weighted by molar-refractivity contribution is 5.45. The fourth-order valence-corrected chi connectivity index (χ4v) is 3.07. The SMILES string of the molecule is COC1CC2(CCNC2)Oc2cc(C)c(C)cc21. The number of fused-ring (bicyclic) bond motifs is 1. The van der Waals surface area contributed by atoms with Crippen LogP contribution in [0.25, 0.3) is 0 Å². The number of aryl methyl sites for hydroxylation is 2. The average Bonchev–Trinajstić information content (AvgIpc) is 2.79. The first-order valence-corrected chi connectivity index (χ1v) is 6.67. The predicted octanol–water partition coefficient (Wildman–Crippen LogP) is 2.51. The summed E-state index contributed by atoms with van der Waals surface area (Å²) >= 11 is 0. The van der Waals surface area contributed by atoms with Crippen molar-refractivity contribution in [2.45, 2.75) is 38.4 Å². The molecule has 1 aromatic carbocycles. The number of hydrogen-bond donors (Lipinski definition) is 1. The zero-order valence-electron chi connectivity index (χ0n) is 11.4. The summed E-state index contributed by atoms with van der Waals surface area (Å²) in [6.45, 7) is 6.24. The number of ether oxygens (including phenoxy) is 2. The minimum atomic E-state index is -0.0601. The lowest BCUT2D eigenvalue weighted by Gasteiger charge is -2.39. The standard InChI is InChI=1S/C15H21NO2/c1-10-6-12-13(7-11(10)2)18-15(4-5-16-9-15)8-14(12)17-3/h6-7,14,16H,4-5,8-9H2,1-3H3. The van der Waals surface area contributed by atoms with Gasteiger partial charge in [-0.2, -0.15) is 0 Å². The van der Waals surface area contributed by atoms with Crippen molar-refractivity contribution in [3.63, 3.8) is 0 Å². The van der Waals surface area contributed by atoms with Crippen LogP contribution in [-0.2, 0) is 4.74 Å². The van der Waals surface area contributed by atoms with Gasteiger partial charge in [0.15, 0.2) is 0 Å². The largest absolute Gasteiger partial charge is 0.485 e. The van der Waals surface area contributed by atoms with Gasteiger partial charge in [0.2, 0.25) is 0 Å². The summed E-state index contributed by atoms with van der Waals surface area (Å²) in [5.41, 5.74) is 3.74. The molecule has 3 heteroatoms. The van der Waals surface area contributed by atoms with Crippen LogP contribution in [-0.4, -0.2) is 25.8 Å². The molecule has 1 aromatic rings. The Morgan fingerprint density at radius 2 is 2.11 bits per heavy atom. The predicted molar refractivity (Wildman–Crippen MR) is 71.1 cm³/mol. The molecule has 1 spiro atoms. The van der Waals surface area contributed by atoms with Gasteiger partial charge in [0.25, 0.3) is 0 Å². The second kappa shape index (κ2) is 4.25. The van der Waals surface area contributed by atoms with Gasteiger partial charge in [-0.3, -0.25) is 0 Å². The summed E-state index contributed by atoms with van der Waals surface area (Å²) in [6, 6.07) is 4.38. The molecule has 3 rings (SSSR count). The quantitative estimate of drug-likeness (QED) is 0.827. The summed E-state index contributed by atoms with van der Waals surface area (Å²) in [4.78, 5) is 0. The molecule has 2 atom stereocenters. The van der Waals surface area contributed by atoms with E-state index in [0.29, 0.717) is 0 Å². The second-order valence-corrected chi connectivity index (χ2v) is 5.61. The van der Waals surface area contributed by atoms with Crippen LogP contribution in [0.1, 0.15) is 35.6 Å². The van der Waals surface area contributed by atoms with Crippen molar-refractivity contribution in [2.75, 3.05) is 20.2 Å². The lowest BCUT2D eigenvalue weighted by molar-refractivity contribution is -0.0203. The van der Waals surface area contributed by atoms with Crippen molar-refractivity contribution in [1.82, 2.24) is 5.32 Å². The molecule has 0 amide bonds. The van der Waals surface area contributed by atoms with Crippen molar-refractivity contribution in [1.29, 1.82) is 0 Å². The van der Waals surface area contributed by atoms with Gasteiger partial charge in [0.05, 0.1) is 6.10 Å². The molecular weight excluding hydrogens is 226 g/mol. The van der Waals surface area contributed by atoms with Crippen LogP contribution in [0.4, 0.5) is 0 Å². The number of benzene rings is 1. The maximum absolute atomic E-state index is 6.31. The second-order valence-electron chi connectivity index (χ2n) is 5.61. The number of nitrogens with one attached hydrogen (secondary N) is 1. The van der Waals surface area contributed by atoms with Crippen LogP contribution in [0.15, 0.2) is 12.1 Å². The van der Waals surface area contributed by atoms with E-state index in [4.69, 9.17) is 9.47 Å². The molecule has 2 aliphatic rings. The summed E-state index contributed by atoms with van der Waals surface area (Å²) in [6.07, 6.45) is 2.18. The maximum Gasteiger partial charge on any atom is 0.126 e. The van der Waals surface area contributed by atoms with Gasteiger partial charge < -0.3 is 14.8 Å². The molecule has 2 unspecified atom stereocenters. The van der Waals surface area contributed by atoms with Gasteiger partial charge in [-0.05, 0) is 43.7 Å². The first-order valence-electron chi connectivity index (χ1n) is 6.67. The number of rotatable bonds is 1. The van der Waals surface area contributed by atoms with E-state index in [9.17, 15) is 0 Å². The molecule has 0 bridgehead atoms. The minimum Gasteiger partial charge on any atom is -0.485 e. The fourth-order valence-electron chi connectivity index (χ4n) is 3.07. The smallest absolute Gasteiger partial charge is 0.126 e. The van der Waals surface area contributed by atoms with E-state index in [1.54, 1.807) is 7.11 Å². The number of methoxy groups -OCH3 is 1. The molecule has 1 N–H and O–H groups in total. The molecule has 0 saturated carbocycles. The first-order chi connectivity index (χ1) is 8.63. The van der Waals surface area contributed by atoms with E-state index in [2.05, 4.69) is 31.3 Å². The van der Waals surface area contributed by atoms with Crippen LogP contribution >= 0.6 is 0 Å². The van der Waals surface area contributed by atoms with Crippen molar-refractivity contribution < 1.29 is 9.47 Å². The lowest BCUT2D eigenvalue weighted by atomic mass is 9.87. The van der Waals surface area contributed by atoms with Crippen LogP contribution in [0, 0.1) is 13.8 Å². The first kappa shape index (κ1) is 12.0. The third kappa shape index (κ3) is 1.82. The van der Waals surface area contributed by atoms with E-state index in [-0.39, 0.29) is 11.7 Å². The molecule has 0 aromatic heterocycles. The molecule has 2 aliphatic heterocycles. The molecule has 3 nitrogen and oxygen atoms in total. The highest BCUT2D eigenvalue weighted by Crippen LogP contribution is 2.44. The minimum absolute atomic E-state index is 0.0601. The van der Waals surface area contributed by atoms with Crippen molar-refractivity contribution >= 4 is 0 Å². The third-order valence-electron chi connectivity index (χ3n) is 4.35. The van der Waals surface area contributed by atoms with Gasteiger partial charge in [-0.25, -0.2) is 0 Å². The normalized spacial score (nSPS) is 30.3. The fraction of sp³-hybridized carbons (Fsp3) is 0.600. The Kier molecular flexibility index (Phi) is 2.83. The Morgan fingerprint density at radius 1 is 1.33 bits per heavy atom. The molecule has 0 radical (unpaired) electrons. The van der Waals surface area contributed by atoms with Crippen molar-refractivity contribution in [2.24, 2.45) is 0 Å². The highest BCUT2D eigenvalue weighted by atomic mass is 16.5. The van der Waals surface area contributed by atoms with Gasteiger partial charge in [0.1, 0.15) is 11.4 Å². The summed E-state index contributed by atoms with van der Waals surface area (Å²) < 4.78 is 12.0. The molecule has 18 heavy (non-hydrogen) atoms. The Labute approximate surface area is 108 Å². The molecule has 2 heterocycles. The molecule has 98 valence electrons. The van der Waals surface area contributed by atoms with Crippen LogP contribution in [0.5, 0.6) is 5.75 Å². The van der Waals surface area contributed by atoms with Crippen molar-refractivity contribution in [3.05, 3.63) is 28.8 Å². The van der Waals surface area contributed by atoms with Crippen LogP contribution in [0.2, 0.25) is 0 Å². The summed E-state index contributed by atoms with van der Waals surface area (Å²) in [7, 11) is 1.80. The van der Waals surface area contributed by atoms with Gasteiger partial charge in [-0.15, -0.1) is 0 Å². The highest BCUT2D eigenvalue weighted by Gasteiger charge is 2.43. The monoisotopic (exact) mass is 247 g/mol. The van der Waals surface area contributed by atoms with E-state index in [0.717, 1.165) is 31.7 Å². The molecule has 1 fully saturated rings. The Hall–Kier alpha value is -1.06. The number of hydrogen-bond acceptors (Lipinski definition) is 3. The Bertz CT molecular complexity index is 464. The summed E-state index contributed by atoms with van der Waals surface area (Å²) in [5.74, 6) is 1.01. The average molecular weight is 247 g/mol. The van der Waals surface area contributed by atoms with Crippen molar-refractivity contribution in [3.8, 4) is 5.75 Å². The Morgan fingerprint density at radius 3 is 2.78 bits per heavy atom. The van der Waals surface area contributed by atoms with E-state index in [1.807, 2.05) is 0 Å². The van der Waals surface area contributed by atoms with E-state index >= 15 is 0 Å². The third-order valence-corrected chi connectivity index (χ3v) is 4.35. The van der Waals surface area contributed by atoms with Gasteiger partial charge >= 0.3 is 0 Å². The van der Waals surface area contributed by atoms with Gasteiger partial charge in [0, 0.05) is 32.1 Å². The zero-order valence-corrected chi connectivity index (χ0v) is 11.4. The molecule has 1 saturated heterocycles. The topological polar surface area (TPSA) is 30.5 Å². The van der Waals surface area contributed by atoms with E-state index in [1.165, 1.54) is 16.7 Å². The van der Waals surface area contributed by atoms with Gasteiger partial charge in [-0.1, -0.05) is 0 Å². The van der Waals surface area contributed by atoms with E-state index < -0.39 is 0 Å². The lowest BCUT2D eigenvalue weighted by Crippen LogP contribution is -2.43. The molecular formula is C15H21NO2. The van der Waals surface area contributed by atoms with Crippen LogP contribution in [0.3, 0.4) is 0 Å². The zero-order chi connectivity index (χ0) is 12.8. The summed E-state index contributed by atoms with van der Waals surface area (Å²) in [5, 5.41) is 3.40. The maximum atomic E-state index is 6.31. The molecule has 0 aliphatic carbocycles. The van der Waals surface area contributed by atoms with Crippen LogP contribution < -0.4 is 10.1 Å².